The smallest absolute Gasteiger partial charge is 0.0625 e. The van der Waals surface area contributed by atoms with Gasteiger partial charge in [-0.3, -0.25) is 9.36 Å². The molecule has 0 unspecified atom stereocenters. The van der Waals surface area contributed by atoms with Gasteiger partial charge in [0, 0.05) is 25.5 Å². The Hall–Kier alpha value is -0.850. The number of nitrogens with zero attached hydrogens (tertiary/aromatic N) is 4. The van der Waals surface area contributed by atoms with Gasteiger partial charge in [-0.2, -0.15) is 10.2 Å². The van der Waals surface area contributed by atoms with Crippen LogP contribution in [-0.4, -0.2) is 19.6 Å². The minimum Gasteiger partial charge on any atom is -0.272 e. The standard InChI is InChI=1S/2C7H12N2.CH4.HI/c2*1-5-6(2)8-9(4)7(5)3;;/h2*1-4H3;1H4;1H. The number of hydrogen-bond acceptors (Lipinski definition) is 2. The second-order valence-corrected chi connectivity index (χ2v) is 4.84. The van der Waals surface area contributed by atoms with Crippen LogP contribution < -0.4 is 0 Å². The average Bonchev–Trinajstić information content (AvgIpc) is 2.66. The lowest BCUT2D eigenvalue weighted by Gasteiger charge is -1.90. The zero-order chi connectivity index (χ0) is 14.0. The van der Waals surface area contributed by atoms with Crippen LogP contribution in [0.3, 0.4) is 0 Å². The summed E-state index contributed by atoms with van der Waals surface area (Å²) >= 11 is 0. The van der Waals surface area contributed by atoms with Crippen molar-refractivity contribution in [2.45, 2.75) is 49.0 Å². The van der Waals surface area contributed by atoms with Crippen LogP contribution in [0.4, 0.5) is 0 Å². The molecule has 5 heteroatoms. The first kappa shape index (κ1) is 21.4. The molecule has 0 N–H and O–H groups in total. The lowest BCUT2D eigenvalue weighted by molar-refractivity contribution is 0.730. The van der Waals surface area contributed by atoms with E-state index in [1.165, 1.54) is 22.5 Å². The van der Waals surface area contributed by atoms with E-state index in [9.17, 15) is 0 Å². The average molecular weight is 392 g/mol. The Labute approximate surface area is 140 Å². The van der Waals surface area contributed by atoms with Gasteiger partial charge in [0.15, 0.2) is 0 Å². The highest BCUT2D eigenvalue weighted by molar-refractivity contribution is 14.0. The molecule has 2 rings (SSSR count). The number of aryl methyl sites for hydroxylation is 4. The molecule has 4 nitrogen and oxygen atoms in total. The molecule has 116 valence electrons. The van der Waals surface area contributed by atoms with Gasteiger partial charge >= 0.3 is 0 Å². The molecule has 0 amide bonds. The quantitative estimate of drug-likeness (QED) is 0.637. The van der Waals surface area contributed by atoms with E-state index >= 15 is 0 Å². The Balaban J connectivity index is 0. The van der Waals surface area contributed by atoms with Gasteiger partial charge in [0.05, 0.1) is 11.4 Å². The van der Waals surface area contributed by atoms with Gasteiger partial charge < -0.3 is 0 Å². The number of halogens is 1. The molecule has 0 aliphatic carbocycles. The number of hydrogen-bond donors (Lipinski definition) is 0. The van der Waals surface area contributed by atoms with Crippen LogP contribution in [-0.2, 0) is 14.1 Å². The second kappa shape index (κ2) is 8.44. The summed E-state index contributed by atoms with van der Waals surface area (Å²) < 4.78 is 3.81. The monoisotopic (exact) mass is 392 g/mol. The fourth-order valence-corrected chi connectivity index (χ4v) is 1.76. The van der Waals surface area contributed by atoms with Crippen LogP contribution in [0.1, 0.15) is 41.3 Å². The predicted molar refractivity (Wildman–Crippen MR) is 97.0 cm³/mol. The highest BCUT2D eigenvalue weighted by Gasteiger charge is 2.02. The van der Waals surface area contributed by atoms with Gasteiger partial charge in [-0.25, -0.2) is 0 Å². The Morgan fingerprint density at radius 3 is 0.950 bits per heavy atom. The Kier molecular flexibility index (Phi) is 9.05. The molecular formula is C15H29IN4. The minimum absolute atomic E-state index is 0. The van der Waals surface area contributed by atoms with E-state index in [2.05, 4.69) is 37.9 Å². The van der Waals surface area contributed by atoms with Gasteiger partial charge in [-0.1, -0.05) is 7.43 Å². The largest absolute Gasteiger partial charge is 0.272 e. The summed E-state index contributed by atoms with van der Waals surface area (Å²) in [6.45, 7) is 12.4. The molecular weight excluding hydrogens is 363 g/mol. The first-order chi connectivity index (χ1) is 8.25. The fraction of sp³-hybridized carbons (Fsp3) is 0.600. The van der Waals surface area contributed by atoms with Gasteiger partial charge in [-0.15, -0.1) is 24.0 Å². The highest BCUT2D eigenvalue weighted by Crippen LogP contribution is 2.08. The molecule has 0 saturated heterocycles. The van der Waals surface area contributed by atoms with E-state index in [-0.39, 0.29) is 31.4 Å². The molecule has 2 heterocycles. The van der Waals surface area contributed by atoms with Crippen molar-refractivity contribution >= 4 is 24.0 Å². The number of aromatic nitrogens is 4. The van der Waals surface area contributed by atoms with Crippen molar-refractivity contribution in [3.05, 3.63) is 33.9 Å². The van der Waals surface area contributed by atoms with Gasteiger partial charge in [0.2, 0.25) is 0 Å². The number of rotatable bonds is 0. The lowest BCUT2D eigenvalue weighted by atomic mass is 10.2. The molecule has 0 aromatic carbocycles. The van der Waals surface area contributed by atoms with E-state index < -0.39 is 0 Å². The molecule has 0 spiro atoms. The third kappa shape index (κ3) is 4.61. The van der Waals surface area contributed by atoms with Crippen molar-refractivity contribution in [1.29, 1.82) is 0 Å². The molecule has 0 radical (unpaired) electrons. The molecule has 0 aliphatic rings. The summed E-state index contributed by atoms with van der Waals surface area (Å²) in [7, 11) is 3.94. The minimum atomic E-state index is 0. The van der Waals surface area contributed by atoms with Crippen molar-refractivity contribution in [1.82, 2.24) is 19.6 Å². The van der Waals surface area contributed by atoms with Crippen molar-refractivity contribution in [3.63, 3.8) is 0 Å². The zero-order valence-electron chi connectivity index (χ0n) is 13.2. The normalized spacial score (nSPS) is 9.20. The van der Waals surface area contributed by atoms with Crippen LogP contribution in [0.15, 0.2) is 0 Å². The first-order valence-corrected chi connectivity index (χ1v) is 6.19. The van der Waals surface area contributed by atoms with Gasteiger partial charge in [0.1, 0.15) is 0 Å². The van der Waals surface area contributed by atoms with Gasteiger partial charge in [0.25, 0.3) is 0 Å². The van der Waals surface area contributed by atoms with Crippen molar-refractivity contribution in [2.75, 3.05) is 0 Å². The van der Waals surface area contributed by atoms with Crippen LogP contribution >= 0.6 is 24.0 Å². The Morgan fingerprint density at radius 2 is 0.900 bits per heavy atom. The SMILES string of the molecule is C.Cc1nn(C)c(C)c1C.Cc1nn(C)c(C)c1C.I. The summed E-state index contributed by atoms with van der Waals surface area (Å²) in [5.74, 6) is 0. The molecule has 0 fully saturated rings. The van der Waals surface area contributed by atoms with Crippen molar-refractivity contribution in [3.8, 4) is 0 Å². The van der Waals surface area contributed by atoms with Crippen LogP contribution in [0.5, 0.6) is 0 Å². The van der Waals surface area contributed by atoms with Crippen LogP contribution in [0.2, 0.25) is 0 Å². The maximum absolute atomic E-state index is 4.23. The summed E-state index contributed by atoms with van der Waals surface area (Å²) in [5.41, 5.74) is 7.39. The summed E-state index contributed by atoms with van der Waals surface area (Å²) in [6.07, 6.45) is 0. The van der Waals surface area contributed by atoms with E-state index in [0.29, 0.717) is 0 Å². The molecule has 0 bridgehead atoms. The van der Waals surface area contributed by atoms with E-state index in [1.807, 2.05) is 37.3 Å². The third-order valence-corrected chi connectivity index (χ3v) is 3.74. The molecule has 20 heavy (non-hydrogen) atoms. The third-order valence-electron chi connectivity index (χ3n) is 3.74. The van der Waals surface area contributed by atoms with Crippen molar-refractivity contribution < 1.29 is 0 Å². The highest BCUT2D eigenvalue weighted by atomic mass is 127. The van der Waals surface area contributed by atoms with E-state index in [4.69, 9.17) is 0 Å². The van der Waals surface area contributed by atoms with Crippen LogP contribution in [0, 0.1) is 41.5 Å². The van der Waals surface area contributed by atoms with Gasteiger partial charge in [-0.05, 0) is 52.7 Å². The molecule has 2 aromatic heterocycles. The molecule has 2 aromatic rings. The summed E-state index contributed by atoms with van der Waals surface area (Å²) in [6, 6.07) is 0. The first-order valence-electron chi connectivity index (χ1n) is 6.19. The second-order valence-electron chi connectivity index (χ2n) is 4.84. The molecule has 0 aliphatic heterocycles. The predicted octanol–water partition coefficient (Wildman–Crippen LogP) is 3.94. The summed E-state index contributed by atoms with van der Waals surface area (Å²) in [5, 5.41) is 8.45. The maximum Gasteiger partial charge on any atom is 0.0625 e. The van der Waals surface area contributed by atoms with E-state index in [0.717, 1.165) is 11.4 Å². The van der Waals surface area contributed by atoms with Crippen molar-refractivity contribution in [2.24, 2.45) is 14.1 Å². The maximum atomic E-state index is 4.23. The zero-order valence-corrected chi connectivity index (χ0v) is 15.5. The Bertz CT molecular complexity index is 457. The molecule has 0 atom stereocenters. The van der Waals surface area contributed by atoms with Crippen LogP contribution in [0.25, 0.3) is 0 Å². The fourth-order valence-electron chi connectivity index (χ4n) is 1.76. The lowest BCUT2D eigenvalue weighted by Crippen LogP contribution is -1.92. The molecule has 0 saturated carbocycles. The summed E-state index contributed by atoms with van der Waals surface area (Å²) in [4.78, 5) is 0. The topological polar surface area (TPSA) is 35.6 Å². The van der Waals surface area contributed by atoms with E-state index in [1.54, 1.807) is 0 Å². The Morgan fingerprint density at radius 1 is 0.650 bits per heavy atom.